The van der Waals surface area contributed by atoms with Gasteiger partial charge in [0.1, 0.15) is 0 Å². The standard InChI is InChI=1S/C24H28N2.2C9H19.Ni/c1-4-7-12-22-17-23(20-13-8-10-18(5-2)15-20)26(25)24(22)21-14-9-11-19(6-3)16-21;2*1-3-5-7-9-8-6-4-2;/h8-11,13-17H,4-7,12H2,1-3H3;2*1,3-9H2,2H3;/q;2*-1;+2. The van der Waals surface area contributed by atoms with E-state index in [1.807, 2.05) is 0 Å². The normalized spacial score (nSPS) is 12.2. The molecule has 0 aliphatic carbocycles. The molecule has 0 amide bonds. The molecule has 0 aromatic heterocycles. The fraction of sp³-hybridized carbons (Fsp3) is 0.571. The molecule has 0 saturated carbocycles. The van der Waals surface area contributed by atoms with Crippen LogP contribution in [0.1, 0.15) is 166 Å². The molecule has 0 radical (unpaired) electrons. The summed E-state index contributed by atoms with van der Waals surface area (Å²) in [7, 11) is 0. The summed E-state index contributed by atoms with van der Waals surface area (Å²) in [4.78, 5) is 0. The molecule has 1 aliphatic rings. The van der Waals surface area contributed by atoms with Crippen LogP contribution in [0.15, 0.2) is 60.2 Å². The number of benzene rings is 2. The van der Waals surface area contributed by atoms with E-state index in [2.05, 4.69) is 103 Å². The fourth-order valence-corrected chi connectivity index (χ4v) is 5.43. The summed E-state index contributed by atoms with van der Waals surface area (Å²) in [5.74, 6) is 0. The molecule has 0 bridgehead atoms. The third kappa shape index (κ3) is 17.5. The number of rotatable bonds is 19. The van der Waals surface area contributed by atoms with E-state index in [4.69, 9.17) is 0 Å². The Morgan fingerprint density at radius 3 is 1.49 bits per heavy atom. The summed E-state index contributed by atoms with van der Waals surface area (Å²) in [6, 6.07) is 17.0. The molecule has 1 heterocycles. The van der Waals surface area contributed by atoms with Crippen molar-refractivity contribution in [3.8, 4) is 0 Å². The van der Waals surface area contributed by atoms with Crippen LogP contribution in [-0.2, 0) is 29.3 Å². The monoisotopic (exact) mass is 656 g/mol. The maximum Gasteiger partial charge on any atom is 2.00 e. The average molecular weight is 658 g/mol. The van der Waals surface area contributed by atoms with E-state index in [9.17, 15) is 5.53 Å². The van der Waals surface area contributed by atoms with E-state index in [-0.39, 0.29) is 16.5 Å². The zero-order valence-corrected chi connectivity index (χ0v) is 30.7. The quantitative estimate of drug-likeness (QED) is 0.0622. The van der Waals surface area contributed by atoms with Gasteiger partial charge in [0.15, 0.2) is 0 Å². The van der Waals surface area contributed by atoms with Gasteiger partial charge in [-0.1, -0.05) is 142 Å². The third-order valence-corrected chi connectivity index (χ3v) is 8.30. The Bertz CT molecular complexity index is 1070. The first-order chi connectivity index (χ1) is 21.5. The Morgan fingerprint density at radius 1 is 0.578 bits per heavy atom. The second-order valence-electron chi connectivity index (χ2n) is 12.2. The summed E-state index contributed by atoms with van der Waals surface area (Å²) in [5, 5.41) is 0. The molecule has 0 N–H and O–H groups in total. The van der Waals surface area contributed by atoms with Crippen molar-refractivity contribution in [3.05, 3.63) is 102 Å². The van der Waals surface area contributed by atoms with Crippen molar-refractivity contribution in [2.24, 2.45) is 0 Å². The summed E-state index contributed by atoms with van der Waals surface area (Å²) in [6.07, 6.45) is 26.3. The van der Waals surface area contributed by atoms with Crippen LogP contribution in [-0.4, -0.2) is 4.70 Å². The van der Waals surface area contributed by atoms with Crippen molar-refractivity contribution in [2.45, 2.75) is 157 Å². The summed E-state index contributed by atoms with van der Waals surface area (Å²) in [5.41, 5.74) is 18.8. The van der Waals surface area contributed by atoms with Gasteiger partial charge in [-0.3, -0.25) is 0 Å². The van der Waals surface area contributed by atoms with Gasteiger partial charge < -0.3 is 19.4 Å². The number of allylic oxidation sites excluding steroid dienone is 2. The van der Waals surface area contributed by atoms with E-state index in [0.29, 0.717) is 0 Å². The Labute approximate surface area is 290 Å². The molecule has 0 saturated heterocycles. The number of nitrogens with zero attached hydrogens (tertiary/aromatic N) is 2. The van der Waals surface area contributed by atoms with Crippen LogP contribution >= 0.6 is 0 Å². The first-order valence-corrected chi connectivity index (χ1v) is 18.2. The molecular weight excluding hydrogens is 591 g/mol. The van der Waals surface area contributed by atoms with Gasteiger partial charge in [0.25, 0.3) is 0 Å². The van der Waals surface area contributed by atoms with Crippen LogP contribution in [0, 0.1) is 13.8 Å². The molecule has 0 unspecified atom stereocenters. The maximum absolute atomic E-state index is 11.1. The van der Waals surface area contributed by atoms with Gasteiger partial charge in [0, 0.05) is 22.8 Å². The summed E-state index contributed by atoms with van der Waals surface area (Å²) < 4.78 is 1.40. The zero-order chi connectivity index (χ0) is 32.4. The topological polar surface area (TPSA) is 25.3 Å². The molecule has 45 heavy (non-hydrogen) atoms. The van der Waals surface area contributed by atoms with Gasteiger partial charge in [-0.05, 0) is 61.1 Å². The van der Waals surface area contributed by atoms with E-state index in [1.54, 1.807) is 0 Å². The van der Waals surface area contributed by atoms with Crippen LogP contribution in [0.4, 0.5) is 0 Å². The molecule has 0 atom stereocenters. The minimum absolute atomic E-state index is 0. The largest absolute Gasteiger partial charge is 2.00 e. The van der Waals surface area contributed by atoms with Gasteiger partial charge in [0.05, 0.1) is 0 Å². The molecule has 0 fully saturated rings. The van der Waals surface area contributed by atoms with Gasteiger partial charge in [0.2, 0.25) is 11.4 Å². The van der Waals surface area contributed by atoms with E-state index < -0.39 is 0 Å². The predicted octanol–water partition coefficient (Wildman–Crippen LogP) is 13.9. The predicted molar refractivity (Wildman–Crippen MR) is 196 cm³/mol. The molecule has 3 rings (SSSR count). The first-order valence-electron chi connectivity index (χ1n) is 18.2. The zero-order valence-electron chi connectivity index (χ0n) is 29.8. The van der Waals surface area contributed by atoms with Crippen molar-refractivity contribution < 1.29 is 21.2 Å². The van der Waals surface area contributed by atoms with Crippen molar-refractivity contribution >= 4 is 11.4 Å². The molecule has 2 nitrogen and oxygen atoms in total. The van der Waals surface area contributed by atoms with Gasteiger partial charge in [-0.25, -0.2) is 4.70 Å². The second-order valence-corrected chi connectivity index (χ2v) is 12.2. The van der Waals surface area contributed by atoms with E-state index >= 15 is 0 Å². The Hall–Kier alpha value is -1.99. The van der Waals surface area contributed by atoms with Gasteiger partial charge in [-0.15, -0.1) is 0 Å². The average Bonchev–Trinajstić information content (AvgIpc) is 3.40. The van der Waals surface area contributed by atoms with Crippen molar-refractivity contribution in [1.29, 1.82) is 0 Å². The smallest absolute Gasteiger partial charge is 0.493 e. The number of hydrogen-bond donors (Lipinski definition) is 0. The molecule has 2 aromatic rings. The third-order valence-electron chi connectivity index (χ3n) is 8.30. The van der Waals surface area contributed by atoms with Gasteiger partial charge >= 0.3 is 16.5 Å². The SMILES string of the molecule is CCCCC1=C(c2cccc(CC)c2)[N+](=[N-])C(c2cccc(CC)c2)=C1.[CH2-]CCCCCCCC.[CH2-]CCCCCCCC.[Ni+2]. The number of unbranched alkanes of at least 4 members (excludes halogenated alkanes) is 13. The van der Waals surface area contributed by atoms with Crippen molar-refractivity contribution in [2.75, 3.05) is 0 Å². The molecular formula is C42H66N2Ni. The Morgan fingerprint density at radius 2 is 1.02 bits per heavy atom. The van der Waals surface area contributed by atoms with Crippen molar-refractivity contribution in [3.63, 3.8) is 0 Å². The summed E-state index contributed by atoms with van der Waals surface area (Å²) >= 11 is 0. The van der Waals surface area contributed by atoms with Crippen LogP contribution in [0.25, 0.3) is 16.9 Å². The van der Waals surface area contributed by atoms with Gasteiger partial charge in [-0.2, -0.15) is 12.8 Å². The minimum Gasteiger partial charge on any atom is -0.493 e. The van der Waals surface area contributed by atoms with Crippen molar-refractivity contribution in [1.82, 2.24) is 0 Å². The fourth-order valence-electron chi connectivity index (χ4n) is 5.43. The van der Waals surface area contributed by atoms with Crippen LogP contribution in [0.3, 0.4) is 0 Å². The molecule has 0 spiro atoms. The van der Waals surface area contributed by atoms with E-state index in [0.717, 1.165) is 67.5 Å². The Kier molecular flexibility index (Phi) is 27.0. The molecule has 3 heteroatoms. The molecule has 254 valence electrons. The first kappa shape index (κ1) is 43.0. The number of hydrogen-bond acceptors (Lipinski definition) is 0. The van der Waals surface area contributed by atoms with E-state index in [1.165, 1.54) is 98.4 Å². The Balaban J connectivity index is 0.000000844. The minimum atomic E-state index is 0. The van der Waals surface area contributed by atoms with Crippen LogP contribution < -0.4 is 0 Å². The van der Waals surface area contributed by atoms with Crippen LogP contribution in [0.5, 0.6) is 0 Å². The molecule has 1 aliphatic heterocycles. The maximum atomic E-state index is 11.1. The van der Waals surface area contributed by atoms with Crippen LogP contribution in [0.2, 0.25) is 0 Å². The molecule has 2 aromatic carbocycles. The summed E-state index contributed by atoms with van der Waals surface area (Å²) in [6.45, 7) is 18.6. The number of aryl methyl sites for hydroxylation is 2. The second kappa shape index (κ2) is 28.3.